The van der Waals surface area contributed by atoms with Crippen LogP contribution in [0.4, 0.5) is 10.7 Å². The van der Waals surface area contributed by atoms with Gasteiger partial charge in [-0.15, -0.1) is 11.3 Å². The normalized spacial score (nSPS) is 13.6. The molecule has 1 aliphatic carbocycles. The van der Waals surface area contributed by atoms with E-state index in [1.54, 1.807) is 0 Å². The lowest BCUT2D eigenvalue weighted by Gasteiger charge is -2.11. The van der Waals surface area contributed by atoms with E-state index in [-0.39, 0.29) is 10.6 Å². The minimum atomic E-state index is -0.720. The molecule has 0 spiro atoms. The number of phenols is 1. The predicted octanol–water partition coefficient (Wildman–Crippen LogP) is 4.43. The molecule has 1 heterocycles. The third kappa shape index (κ3) is 3.42. The van der Waals surface area contributed by atoms with Crippen LogP contribution in [0, 0.1) is 10.1 Å². The predicted molar refractivity (Wildman–Crippen MR) is 99.3 cm³/mol. The number of nitro benzene ring substituents is 1. The van der Waals surface area contributed by atoms with E-state index in [4.69, 9.17) is 16.3 Å². The summed E-state index contributed by atoms with van der Waals surface area (Å²) in [5.74, 6) is -0.984. The van der Waals surface area contributed by atoms with Gasteiger partial charge < -0.3 is 9.84 Å². The minimum Gasteiger partial charge on any atom is -0.502 e. The molecule has 0 atom stereocenters. The van der Waals surface area contributed by atoms with E-state index in [9.17, 15) is 20.0 Å². The number of esters is 1. The molecule has 26 heavy (non-hydrogen) atoms. The van der Waals surface area contributed by atoms with E-state index in [1.165, 1.54) is 30.7 Å². The van der Waals surface area contributed by atoms with E-state index < -0.39 is 22.3 Å². The van der Waals surface area contributed by atoms with Crippen molar-refractivity contribution in [3.05, 3.63) is 48.8 Å². The van der Waals surface area contributed by atoms with Crippen LogP contribution >= 0.6 is 22.9 Å². The molecule has 7 nitrogen and oxygen atoms in total. The maximum Gasteiger partial charge on any atom is 0.341 e. The van der Waals surface area contributed by atoms with Crippen LogP contribution in [0.15, 0.2) is 17.1 Å². The number of nitrogens with zero attached hydrogens (tertiary/aromatic N) is 2. The first-order chi connectivity index (χ1) is 12.4. The van der Waals surface area contributed by atoms with Crippen molar-refractivity contribution in [1.82, 2.24) is 0 Å². The van der Waals surface area contributed by atoms with Crippen molar-refractivity contribution >= 4 is 45.8 Å². The lowest BCUT2D eigenvalue weighted by Crippen LogP contribution is -2.07. The van der Waals surface area contributed by atoms with Crippen LogP contribution in [-0.4, -0.2) is 29.3 Å². The van der Waals surface area contributed by atoms with Crippen LogP contribution < -0.4 is 0 Å². The summed E-state index contributed by atoms with van der Waals surface area (Å²) in [5.41, 5.74) is 0.991. The van der Waals surface area contributed by atoms with E-state index >= 15 is 0 Å². The number of ether oxygens (including phenoxy) is 1. The van der Waals surface area contributed by atoms with Gasteiger partial charge in [-0.25, -0.2) is 9.79 Å². The van der Waals surface area contributed by atoms with E-state index in [0.29, 0.717) is 10.6 Å². The molecule has 1 aromatic carbocycles. The van der Waals surface area contributed by atoms with Gasteiger partial charge in [-0.1, -0.05) is 11.6 Å². The van der Waals surface area contributed by atoms with Gasteiger partial charge in [0.2, 0.25) is 5.75 Å². The van der Waals surface area contributed by atoms with Gasteiger partial charge in [0.1, 0.15) is 5.00 Å². The standard InChI is InChI=1S/C17H15ClN2O5S/c1-25-17(22)14-11-4-2-3-5-13(11)26-16(14)19-8-9-6-10(18)7-12(15(9)21)20(23)24/h6-8,21H,2-5H2,1H3/b19-8+. The summed E-state index contributed by atoms with van der Waals surface area (Å²) in [6.07, 6.45) is 5.00. The summed E-state index contributed by atoms with van der Waals surface area (Å²) in [6, 6.07) is 2.44. The summed E-state index contributed by atoms with van der Waals surface area (Å²) in [6.45, 7) is 0. The fourth-order valence-corrected chi connectivity index (χ4v) is 4.37. The SMILES string of the molecule is COC(=O)c1c(/N=C/c2cc(Cl)cc([N+](=O)[O-])c2O)sc2c1CCCC2. The molecular weight excluding hydrogens is 380 g/mol. The van der Waals surface area contributed by atoms with Gasteiger partial charge >= 0.3 is 11.7 Å². The highest BCUT2D eigenvalue weighted by Gasteiger charge is 2.26. The third-order valence-electron chi connectivity index (χ3n) is 4.14. The van der Waals surface area contributed by atoms with Gasteiger partial charge in [0, 0.05) is 27.7 Å². The average molecular weight is 395 g/mol. The molecule has 1 aliphatic rings. The van der Waals surface area contributed by atoms with E-state index in [1.807, 2.05) is 0 Å². The third-order valence-corrected chi connectivity index (χ3v) is 5.56. The Morgan fingerprint density at radius 1 is 1.42 bits per heavy atom. The molecule has 9 heteroatoms. The number of fused-ring (bicyclic) bond motifs is 1. The maximum absolute atomic E-state index is 12.2. The molecule has 0 radical (unpaired) electrons. The molecule has 2 aromatic rings. The zero-order chi connectivity index (χ0) is 18.8. The Morgan fingerprint density at radius 2 is 2.15 bits per heavy atom. The number of halogens is 1. The Bertz CT molecular complexity index is 922. The highest BCUT2D eigenvalue weighted by molar-refractivity contribution is 7.16. The molecule has 1 N–H and O–H groups in total. The number of hydrogen-bond acceptors (Lipinski definition) is 7. The average Bonchev–Trinajstić information content (AvgIpc) is 2.99. The number of benzene rings is 1. The second-order valence-electron chi connectivity index (χ2n) is 5.76. The second kappa shape index (κ2) is 7.43. The number of aryl methyl sites for hydroxylation is 1. The number of carbonyl (C=O) groups excluding carboxylic acids is 1. The Balaban J connectivity index is 2.06. The molecule has 0 unspecified atom stereocenters. The van der Waals surface area contributed by atoms with Crippen molar-refractivity contribution in [2.24, 2.45) is 4.99 Å². The van der Waals surface area contributed by atoms with Gasteiger partial charge in [-0.3, -0.25) is 10.1 Å². The quantitative estimate of drug-likeness (QED) is 0.357. The van der Waals surface area contributed by atoms with Crippen LogP contribution in [0.25, 0.3) is 0 Å². The maximum atomic E-state index is 12.2. The van der Waals surface area contributed by atoms with Crippen molar-refractivity contribution < 1.29 is 19.6 Å². The van der Waals surface area contributed by atoms with Crippen molar-refractivity contribution in [1.29, 1.82) is 0 Å². The Hall–Kier alpha value is -2.45. The minimum absolute atomic E-state index is 0.103. The molecule has 3 rings (SSSR count). The summed E-state index contributed by atoms with van der Waals surface area (Å²) in [7, 11) is 1.31. The molecule has 0 saturated carbocycles. The number of thiophene rings is 1. The number of aliphatic imine (C=N–C) groups is 1. The summed E-state index contributed by atoms with van der Waals surface area (Å²) in [5, 5.41) is 21.6. The highest BCUT2D eigenvalue weighted by Crippen LogP contribution is 2.40. The van der Waals surface area contributed by atoms with Crippen LogP contribution in [0.5, 0.6) is 5.75 Å². The molecule has 0 bridgehead atoms. The Morgan fingerprint density at radius 3 is 2.85 bits per heavy atom. The van der Waals surface area contributed by atoms with Gasteiger partial charge in [0.15, 0.2) is 0 Å². The lowest BCUT2D eigenvalue weighted by atomic mass is 9.95. The van der Waals surface area contributed by atoms with Crippen molar-refractivity contribution in [2.45, 2.75) is 25.7 Å². The monoisotopic (exact) mass is 394 g/mol. The smallest absolute Gasteiger partial charge is 0.341 e. The Labute approximate surface area is 158 Å². The zero-order valence-electron chi connectivity index (χ0n) is 13.8. The number of nitro groups is 1. The van der Waals surface area contributed by atoms with Gasteiger partial charge in [-0.2, -0.15) is 0 Å². The number of hydrogen-bond donors (Lipinski definition) is 1. The second-order valence-corrected chi connectivity index (χ2v) is 7.28. The Kier molecular flexibility index (Phi) is 5.24. The first-order valence-electron chi connectivity index (χ1n) is 7.86. The molecule has 0 amide bonds. The van der Waals surface area contributed by atoms with Crippen LogP contribution in [0.3, 0.4) is 0 Å². The number of phenolic OH excluding ortho intramolecular Hbond substituents is 1. The molecule has 1 aromatic heterocycles. The lowest BCUT2D eigenvalue weighted by molar-refractivity contribution is -0.385. The summed E-state index contributed by atoms with van der Waals surface area (Å²) in [4.78, 5) is 27.9. The summed E-state index contributed by atoms with van der Waals surface area (Å²) < 4.78 is 4.88. The zero-order valence-corrected chi connectivity index (χ0v) is 15.4. The number of carbonyl (C=O) groups is 1. The van der Waals surface area contributed by atoms with E-state index in [2.05, 4.69) is 4.99 Å². The summed E-state index contributed by atoms with van der Waals surface area (Å²) >= 11 is 7.28. The molecular formula is C17H15ClN2O5S. The van der Waals surface area contributed by atoms with Gasteiger partial charge in [0.25, 0.3) is 0 Å². The van der Waals surface area contributed by atoms with Gasteiger partial charge in [0.05, 0.1) is 17.6 Å². The first kappa shape index (κ1) is 18.3. The van der Waals surface area contributed by atoms with Crippen LogP contribution in [0.2, 0.25) is 5.02 Å². The molecule has 0 fully saturated rings. The topological polar surface area (TPSA) is 102 Å². The first-order valence-corrected chi connectivity index (χ1v) is 9.05. The molecule has 136 valence electrons. The van der Waals surface area contributed by atoms with Crippen molar-refractivity contribution in [3.63, 3.8) is 0 Å². The fraction of sp³-hybridized carbons (Fsp3) is 0.294. The fourth-order valence-electron chi connectivity index (χ4n) is 2.93. The highest BCUT2D eigenvalue weighted by atomic mass is 35.5. The van der Waals surface area contributed by atoms with Crippen LogP contribution in [-0.2, 0) is 17.6 Å². The molecule has 0 saturated heterocycles. The largest absolute Gasteiger partial charge is 0.502 e. The van der Waals surface area contributed by atoms with E-state index in [0.717, 1.165) is 42.2 Å². The van der Waals surface area contributed by atoms with Crippen LogP contribution in [0.1, 0.15) is 39.2 Å². The van der Waals surface area contributed by atoms with Gasteiger partial charge in [-0.05, 0) is 37.3 Å². The van der Waals surface area contributed by atoms with Crippen molar-refractivity contribution in [3.8, 4) is 5.75 Å². The van der Waals surface area contributed by atoms with Crippen molar-refractivity contribution in [2.75, 3.05) is 7.11 Å². The number of aromatic hydroxyl groups is 1. The number of methoxy groups -OCH3 is 1. The number of rotatable bonds is 4. The molecule has 0 aliphatic heterocycles.